The molecule has 0 unspecified atom stereocenters. The highest BCUT2D eigenvalue weighted by atomic mass is 16.4. The van der Waals surface area contributed by atoms with Crippen molar-refractivity contribution in [2.45, 2.75) is 32.9 Å². The van der Waals surface area contributed by atoms with Crippen molar-refractivity contribution in [2.24, 2.45) is 11.7 Å². The number of amides is 1. The molecule has 1 atom stereocenters. The van der Waals surface area contributed by atoms with E-state index in [9.17, 15) is 9.59 Å². The Kier molecular flexibility index (Phi) is 5.51. The van der Waals surface area contributed by atoms with Crippen molar-refractivity contribution in [3.05, 3.63) is 35.4 Å². The van der Waals surface area contributed by atoms with Gasteiger partial charge in [-0.2, -0.15) is 0 Å². The minimum atomic E-state index is -0.891. The monoisotopic (exact) mass is 264 g/mol. The number of nitrogens with two attached hydrogens (primary N) is 1. The Morgan fingerprint density at radius 2 is 1.84 bits per heavy atom. The highest BCUT2D eigenvalue weighted by molar-refractivity contribution is 5.81. The van der Waals surface area contributed by atoms with Crippen molar-refractivity contribution in [1.82, 2.24) is 5.32 Å². The molecule has 0 saturated carbocycles. The summed E-state index contributed by atoms with van der Waals surface area (Å²) in [6, 6.07) is 6.60. The number of rotatable bonds is 6. The number of hydrogen-bond acceptors (Lipinski definition) is 3. The second kappa shape index (κ2) is 6.89. The van der Waals surface area contributed by atoms with Crippen LogP contribution in [0.5, 0.6) is 0 Å². The molecule has 5 heteroatoms. The lowest BCUT2D eigenvalue weighted by atomic mass is 10.0. The predicted molar refractivity (Wildman–Crippen MR) is 72.4 cm³/mol. The van der Waals surface area contributed by atoms with Gasteiger partial charge in [0.05, 0.1) is 12.5 Å². The Bertz CT molecular complexity index is 458. The fourth-order valence-corrected chi connectivity index (χ4v) is 1.67. The lowest BCUT2D eigenvalue weighted by molar-refractivity contribution is -0.136. The van der Waals surface area contributed by atoms with E-state index in [2.05, 4.69) is 5.32 Å². The van der Waals surface area contributed by atoms with Crippen LogP contribution in [-0.2, 0) is 22.6 Å². The maximum atomic E-state index is 11.7. The van der Waals surface area contributed by atoms with Crippen LogP contribution in [0, 0.1) is 5.92 Å². The van der Waals surface area contributed by atoms with E-state index in [-0.39, 0.29) is 18.2 Å². The number of nitrogens with one attached hydrogen (secondary N) is 1. The lowest BCUT2D eigenvalue weighted by Crippen LogP contribution is -2.43. The van der Waals surface area contributed by atoms with Gasteiger partial charge in [-0.25, -0.2) is 0 Å². The van der Waals surface area contributed by atoms with Crippen molar-refractivity contribution in [3.8, 4) is 0 Å². The van der Waals surface area contributed by atoms with E-state index < -0.39 is 12.0 Å². The van der Waals surface area contributed by atoms with Crippen molar-refractivity contribution >= 4 is 11.9 Å². The standard InChI is InChI=1S/C14H20N2O3/c1-9(2)13(15)14(19)16-8-11-6-4-3-5-10(11)7-12(17)18/h3-6,9,13H,7-8,15H2,1-2H3,(H,16,19)(H,17,18)/t13-/m0/s1. The lowest BCUT2D eigenvalue weighted by Gasteiger charge is -2.16. The Hall–Kier alpha value is -1.88. The first kappa shape index (κ1) is 15.2. The fourth-order valence-electron chi connectivity index (χ4n) is 1.67. The molecule has 0 aliphatic carbocycles. The molecule has 0 heterocycles. The molecule has 0 fully saturated rings. The summed E-state index contributed by atoms with van der Waals surface area (Å²) in [5.74, 6) is -1.05. The van der Waals surface area contributed by atoms with Gasteiger partial charge in [0.25, 0.3) is 0 Å². The Labute approximate surface area is 112 Å². The molecule has 0 aromatic heterocycles. The number of carbonyl (C=O) groups is 2. The molecule has 1 rings (SSSR count). The third-order valence-corrected chi connectivity index (χ3v) is 2.93. The molecule has 0 aliphatic heterocycles. The molecule has 0 saturated heterocycles. The highest BCUT2D eigenvalue weighted by Crippen LogP contribution is 2.10. The second-order valence-corrected chi connectivity index (χ2v) is 4.83. The second-order valence-electron chi connectivity index (χ2n) is 4.83. The third kappa shape index (κ3) is 4.71. The third-order valence-electron chi connectivity index (χ3n) is 2.93. The molecule has 4 N–H and O–H groups in total. The molecule has 104 valence electrons. The minimum absolute atomic E-state index is 0.0533. The van der Waals surface area contributed by atoms with Crippen LogP contribution in [0.25, 0.3) is 0 Å². The van der Waals surface area contributed by atoms with Crippen LogP contribution < -0.4 is 11.1 Å². The van der Waals surface area contributed by atoms with Gasteiger partial charge in [0.15, 0.2) is 0 Å². The van der Waals surface area contributed by atoms with Gasteiger partial charge < -0.3 is 16.2 Å². The molecular formula is C14H20N2O3. The number of carbonyl (C=O) groups excluding carboxylic acids is 1. The van der Waals surface area contributed by atoms with Crippen LogP contribution in [0.15, 0.2) is 24.3 Å². The quantitative estimate of drug-likeness (QED) is 0.712. The largest absolute Gasteiger partial charge is 0.481 e. The molecule has 0 bridgehead atoms. The van der Waals surface area contributed by atoms with E-state index in [0.717, 1.165) is 5.56 Å². The van der Waals surface area contributed by atoms with E-state index in [0.29, 0.717) is 12.1 Å². The summed E-state index contributed by atoms with van der Waals surface area (Å²) in [7, 11) is 0. The molecule has 5 nitrogen and oxygen atoms in total. The summed E-state index contributed by atoms with van der Waals surface area (Å²) >= 11 is 0. The SMILES string of the molecule is CC(C)[C@H](N)C(=O)NCc1ccccc1CC(=O)O. The fraction of sp³-hybridized carbons (Fsp3) is 0.429. The van der Waals surface area contributed by atoms with Crippen LogP contribution in [0.2, 0.25) is 0 Å². The molecule has 1 amide bonds. The zero-order valence-corrected chi connectivity index (χ0v) is 11.2. The van der Waals surface area contributed by atoms with Crippen LogP contribution in [0.4, 0.5) is 0 Å². The molecule has 0 radical (unpaired) electrons. The number of carboxylic acids is 1. The van der Waals surface area contributed by atoms with Gasteiger partial charge >= 0.3 is 5.97 Å². The van der Waals surface area contributed by atoms with Gasteiger partial charge in [-0.15, -0.1) is 0 Å². The van der Waals surface area contributed by atoms with Crippen LogP contribution >= 0.6 is 0 Å². The summed E-state index contributed by atoms with van der Waals surface area (Å²) in [4.78, 5) is 22.5. The Balaban J connectivity index is 2.67. The van der Waals surface area contributed by atoms with Crippen molar-refractivity contribution in [1.29, 1.82) is 0 Å². The average Bonchev–Trinajstić information content (AvgIpc) is 2.35. The molecule has 0 aliphatic rings. The first-order valence-electron chi connectivity index (χ1n) is 6.23. The first-order chi connectivity index (χ1) is 8.91. The Morgan fingerprint density at radius 1 is 1.26 bits per heavy atom. The molecule has 1 aromatic rings. The zero-order valence-electron chi connectivity index (χ0n) is 11.2. The molecule has 19 heavy (non-hydrogen) atoms. The predicted octanol–water partition coefficient (Wildman–Crippen LogP) is 0.913. The summed E-state index contributed by atoms with van der Waals surface area (Å²) < 4.78 is 0. The number of aliphatic carboxylic acids is 1. The van der Waals surface area contributed by atoms with Gasteiger partial charge in [-0.3, -0.25) is 9.59 Å². The van der Waals surface area contributed by atoms with Gasteiger partial charge in [0.2, 0.25) is 5.91 Å². The molecular weight excluding hydrogens is 244 g/mol. The Morgan fingerprint density at radius 3 is 2.37 bits per heavy atom. The maximum absolute atomic E-state index is 11.7. The van der Waals surface area contributed by atoms with Gasteiger partial charge in [0.1, 0.15) is 0 Å². The van der Waals surface area contributed by atoms with E-state index in [4.69, 9.17) is 10.8 Å². The van der Waals surface area contributed by atoms with Gasteiger partial charge in [0, 0.05) is 6.54 Å². The smallest absolute Gasteiger partial charge is 0.307 e. The number of benzene rings is 1. The topological polar surface area (TPSA) is 92.4 Å². The van der Waals surface area contributed by atoms with Crippen molar-refractivity contribution < 1.29 is 14.7 Å². The van der Waals surface area contributed by atoms with E-state index in [1.54, 1.807) is 18.2 Å². The average molecular weight is 264 g/mol. The van der Waals surface area contributed by atoms with Crippen LogP contribution in [-0.4, -0.2) is 23.0 Å². The normalized spacial score (nSPS) is 12.2. The molecule has 0 spiro atoms. The maximum Gasteiger partial charge on any atom is 0.307 e. The minimum Gasteiger partial charge on any atom is -0.481 e. The summed E-state index contributed by atoms with van der Waals surface area (Å²) in [5, 5.41) is 11.6. The number of hydrogen-bond donors (Lipinski definition) is 3. The number of carboxylic acid groups (broad SMARTS) is 1. The van der Waals surface area contributed by atoms with E-state index in [1.807, 2.05) is 19.9 Å². The van der Waals surface area contributed by atoms with Gasteiger partial charge in [-0.05, 0) is 17.0 Å². The van der Waals surface area contributed by atoms with Crippen molar-refractivity contribution in [3.63, 3.8) is 0 Å². The summed E-state index contributed by atoms with van der Waals surface area (Å²) in [5.41, 5.74) is 7.24. The first-order valence-corrected chi connectivity index (χ1v) is 6.23. The zero-order chi connectivity index (χ0) is 14.4. The van der Waals surface area contributed by atoms with Crippen LogP contribution in [0.1, 0.15) is 25.0 Å². The highest BCUT2D eigenvalue weighted by Gasteiger charge is 2.17. The van der Waals surface area contributed by atoms with Crippen LogP contribution in [0.3, 0.4) is 0 Å². The summed E-state index contributed by atoms with van der Waals surface area (Å²) in [6.07, 6.45) is -0.0533. The van der Waals surface area contributed by atoms with Crippen molar-refractivity contribution in [2.75, 3.05) is 0 Å². The van der Waals surface area contributed by atoms with E-state index >= 15 is 0 Å². The van der Waals surface area contributed by atoms with Gasteiger partial charge in [-0.1, -0.05) is 38.1 Å². The summed E-state index contributed by atoms with van der Waals surface area (Å²) in [6.45, 7) is 4.05. The van der Waals surface area contributed by atoms with E-state index in [1.165, 1.54) is 0 Å². The molecule has 1 aromatic carbocycles.